The second kappa shape index (κ2) is 8.24. The number of aromatic nitrogens is 1. The maximum atomic E-state index is 4.19. The van der Waals surface area contributed by atoms with Crippen molar-refractivity contribution in [1.82, 2.24) is 10.3 Å². The lowest BCUT2D eigenvalue weighted by Gasteiger charge is -2.24. The molecule has 0 bridgehead atoms. The van der Waals surface area contributed by atoms with Gasteiger partial charge in [-0.05, 0) is 36.9 Å². The van der Waals surface area contributed by atoms with Crippen molar-refractivity contribution in [2.45, 2.75) is 52.5 Å². The van der Waals surface area contributed by atoms with E-state index in [1.165, 1.54) is 24.8 Å². The van der Waals surface area contributed by atoms with E-state index in [2.05, 4.69) is 37.1 Å². The van der Waals surface area contributed by atoms with Gasteiger partial charge in [-0.15, -0.1) is 0 Å². The molecule has 0 radical (unpaired) electrons. The van der Waals surface area contributed by atoms with Gasteiger partial charge in [-0.25, -0.2) is 0 Å². The Kier molecular flexibility index (Phi) is 6.87. The van der Waals surface area contributed by atoms with Gasteiger partial charge in [0.05, 0.1) is 0 Å². The molecule has 2 unspecified atom stereocenters. The minimum absolute atomic E-state index is 0.579. The molecule has 1 aromatic rings. The third-order valence-corrected chi connectivity index (χ3v) is 3.34. The van der Waals surface area contributed by atoms with E-state index < -0.39 is 0 Å². The third-order valence-electron chi connectivity index (χ3n) is 3.34. The highest BCUT2D eigenvalue weighted by atomic mass is 14.9. The van der Waals surface area contributed by atoms with E-state index in [4.69, 9.17) is 0 Å². The summed E-state index contributed by atoms with van der Waals surface area (Å²) in [5.41, 5.74) is 1.33. The molecule has 1 aromatic heterocycles. The van der Waals surface area contributed by atoms with Crippen molar-refractivity contribution in [3.8, 4) is 0 Å². The van der Waals surface area contributed by atoms with Gasteiger partial charge in [0.1, 0.15) is 0 Å². The van der Waals surface area contributed by atoms with Crippen molar-refractivity contribution >= 4 is 0 Å². The fraction of sp³-hybridized carbons (Fsp3) is 0.667. The molecule has 2 nitrogen and oxygen atoms in total. The van der Waals surface area contributed by atoms with Gasteiger partial charge < -0.3 is 5.32 Å². The van der Waals surface area contributed by atoms with Crippen LogP contribution in [-0.2, 0) is 6.42 Å². The monoisotopic (exact) mass is 234 g/mol. The summed E-state index contributed by atoms with van der Waals surface area (Å²) in [6.45, 7) is 7.85. The van der Waals surface area contributed by atoms with Crippen LogP contribution in [0.1, 0.15) is 45.6 Å². The topological polar surface area (TPSA) is 24.9 Å². The van der Waals surface area contributed by atoms with Crippen molar-refractivity contribution in [3.05, 3.63) is 30.1 Å². The lowest BCUT2D eigenvalue weighted by atomic mass is 9.91. The quantitative estimate of drug-likeness (QED) is 0.745. The van der Waals surface area contributed by atoms with Gasteiger partial charge in [-0.3, -0.25) is 4.98 Å². The van der Waals surface area contributed by atoms with Crippen LogP contribution in [0, 0.1) is 5.92 Å². The standard InChI is InChI=1S/C15H26N2/c1-4-6-8-13(3)15(17-5-2)11-14-9-7-10-16-12-14/h7,9-10,12-13,15,17H,4-6,8,11H2,1-3H3. The molecule has 1 rings (SSSR count). The number of hydrogen-bond acceptors (Lipinski definition) is 2. The van der Waals surface area contributed by atoms with Gasteiger partial charge in [0, 0.05) is 18.4 Å². The summed E-state index contributed by atoms with van der Waals surface area (Å²) >= 11 is 0. The fourth-order valence-corrected chi connectivity index (χ4v) is 2.24. The molecular weight excluding hydrogens is 208 g/mol. The Balaban J connectivity index is 2.53. The molecule has 0 aromatic carbocycles. The second-order valence-corrected chi connectivity index (χ2v) is 4.85. The van der Waals surface area contributed by atoms with E-state index in [1.807, 2.05) is 18.5 Å². The number of hydrogen-bond donors (Lipinski definition) is 1. The summed E-state index contributed by atoms with van der Waals surface area (Å²) in [6, 6.07) is 4.77. The second-order valence-electron chi connectivity index (χ2n) is 4.85. The molecule has 2 atom stereocenters. The number of likely N-dealkylation sites (N-methyl/N-ethyl adjacent to an activating group) is 1. The van der Waals surface area contributed by atoms with Gasteiger partial charge >= 0.3 is 0 Å². The van der Waals surface area contributed by atoms with Gasteiger partial charge in [0.25, 0.3) is 0 Å². The number of rotatable bonds is 8. The third kappa shape index (κ3) is 5.31. The van der Waals surface area contributed by atoms with Crippen LogP contribution >= 0.6 is 0 Å². The summed E-state index contributed by atoms with van der Waals surface area (Å²) in [5.74, 6) is 0.732. The maximum Gasteiger partial charge on any atom is 0.0300 e. The predicted octanol–water partition coefficient (Wildman–Crippen LogP) is 3.43. The van der Waals surface area contributed by atoms with Crippen LogP contribution in [0.3, 0.4) is 0 Å². The van der Waals surface area contributed by atoms with Crippen LogP contribution in [-0.4, -0.2) is 17.6 Å². The molecule has 0 aliphatic heterocycles. The highest BCUT2D eigenvalue weighted by molar-refractivity contribution is 5.10. The van der Waals surface area contributed by atoms with Crippen LogP contribution in [0.15, 0.2) is 24.5 Å². The van der Waals surface area contributed by atoms with Crippen molar-refractivity contribution in [2.75, 3.05) is 6.54 Å². The molecule has 0 saturated heterocycles. The first-order chi connectivity index (χ1) is 8.27. The summed E-state index contributed by atoms with van der Waals surface area (Å²) in [7, 11) is 0. The maximum absolute atomic E-state index is 4.19. The van der Waals surface area contributed by atoms with Crippen molar-refractivity contribution in [3.63, 3.8) is 0 Å². The zero-order valence-electron chi connectivity index (χ0n) is 11.4. The van der Waals surface area contributed by atoms with E-state index in [1.54, 1.807) is 0 Å². The molecule has 0 saturated carbocycles. The summed E-state index contributed by atoms with van der Waals surface area (Å²) < 4.78 is 0. The zero-order valence-corrected chi connectivity index (χ0v) is 11.4. The first kappa shape index (κ1) is 14.2. The van der Waals surface area contributed by atoms with Gasteiger partial charge in [0.15, 0.2) is 0 Å². The number of unbranched alkanes of at least 4 members (excludes halogenated alkanes) is 1. The fourth-order valence-electron chi connectivity index (χ4n) is 2.24. The number of nitrogens with zero attached hydrogens (tertiary/aromatic N) is 1. The van der Waals surface area contributed by atoms with Gasteiger partial charge in [0.2, 0.25) is 0 Å². The number of nitrogens with one attached hydrogen (secondary N) is 1. The predicted molar refractivity (Wildman–Crippen MR) is 74.1 cm³/mol. The number of pyridine rings is 1. The highest BCUT2D eigenvalue weighted by Crippen LogP contribution is 2.16. The van der Waals surface area contributed by atoms with E-state index in [0.29, 0.717) is 6.04 Å². The highest BCUT2D eigenvalue weighted by Gasteiger charge is 2.16. The smallest absolute Gasteiger partial charge is 0.0300 e. The SMILES string of the molecule is CCCCC(C)C(Cc1cccnc1)NCC. The molecule has 17 heavy (non-hydrogen) atoms. The Bertz CT molecular complexity index is 284. The Morgan fingerprint density at radius 1 is 1.35 bits per heavy atom. The molecule has 0 spiro atoms. The molecule has 0 aliphatic rings. The summed E-state index contributed by atoms with van der Waals surface area (Å²) in [5, 5.41) is 3.61. The Hall–Kier alpha value is -0.890. The summed E-state index contributed by atoms with van der Waals surface area (Å²) in [6.07, 6.45) is 8.84. The Morgan fingerprint density at radius 3 is 2.76 bits per heavy atom. The Morgan fingerprint density at radius 2 is 2.18 bits per heavy atom. The minimum Gasteiger partial charge on any atom is -0.314 e. The van der Waals surface area contributed by atoms with Crippen LogP contribution in [0.25, 0.3) is 0 Å². The first-order valence-electron chi connectivity index (χ1n) is 6.90. The lowest BCUT2D eigenvalue weighted by molar-refractivity contribution is 0.352. The average molecular weight is 234 g/mol. The normalized spacial score (nSPS) is 14.5. The minimum atomic E-state index is 0.579. The molecule has 1 heterocycles. The molecule has 2 heteroatoms. The van der Waals surface area contributed by atoms with Crippen LogP contribution in [0.2, 0.25) is 0 Å². The molecular formula is C15H26N2. The van der Waals surface area contributed by atoms with Crippen molar-refractivity contribution < 1.29 is 0 Å². The van der Waals surface area contributed by atoms with Crippen molar-refractivity contribution in [2.24, 2.45) is 5.92 Å². The summed E-state index contributed by atoms with van der Waals surface area (Å²) in [4.78, 5) is 4.19. The van der Waals surface area contributed by atoms with E-state index in [0.717, 1.165) is 18.9 Å². The molecule has 96 valence electrons. The Labute approximate surface area is 106 Å². The largest absolute Gasteiger partial charge is 0.314 e. The van der Waals surface area contributed by atoms with Gasteiger partial charge in [-0.1, -0.05) is 39.7 Å². The van der Waals surface area contributed by atoms with E-state index in [-0.39, 0.29) is 0 Å². The molecule has 1 N–H and O–H groups in total. The molecule has 0 amide bonds. The average Bonchev–Trinajstić information content (AvgIpc) is 2.36. The van der Waals surface area contributed by atoms with E-state index in [9.17, 15) is 0 Å². The zero-order chi connectivity index (χ0) is 12.5. The van der Waals surface area contributed by atoms with E-state index >= 15 is 0 Å². The molecule has 0 aliphatic carbocycles. The lowest BCUT2D eigenvalue weighted by Crippen LogP contribution is -2.36. The van der Waals surface area contributed by atoms with Crippen LogP contribution in [0.4, 0.5) is 0 Å². The van der Waals surface area contributed by atoms with Crippen LogP contribution in [0.5, 0.6) is 0 Å². The first-order valence-corrected chi connectivity index (χ1v) is 6.90. The molecule has 0 fully saturated rings. The van der Waals surface area contributed by atoms with Crippen molar-refractivity contribution in [1.29, 1.82) is 0 Å². The van der Waals surface area contributed by atoms with Crippen LogP contribution < -0.4 is 5.32 Å². The van der Waals surface area contributed by atoms with Gasteiger partial charge in [-0.2, -0.15) is 0 Å².